The van der Waals surface area contributed by atoms with Gasteiger partial charge in [-0.3, -0.25) is 19.3 Å². The van der Waals surface area contributed by atoms with Gasteiger partial charge in [0.25, 0.3) is 5.91 Å². The number of carbonyl (C=O) groups is 4. The van der Waals surface area contributed by atoms with Crippen LogP contribution >= 0.6 is 23.6 Å². The molecule has 0 saturated carbocycles. The molecule has 0 aliphatic carbocycles. The normalized spacial score (nSPS) is 17.6. The summed E-state index contributed by atoms with van der Waals surface area (Å²) in [5, 5.41) is 25.7. The lowest BCUT2D eigenvalue weighted by Gasteiger charge is -2.31. The summed E-state index contributed by atoms with van der Waals surface area (Å²) in [4.78, 5) is 64.3. The van der Waals surface area contributed by atoms with Crippen molar-refractivity contribution in [3.8, 4) is 22.3 Å². The molecule has 5 aromatic rings. The number of nitrogens with zero attached hydrogens (tertiary/aromatic N) is 5. The molecule has 5 atom stereocenters. The number of hydrogen-bond donors (Lipinski definition) is 3. The Morgan fingerprint density at radius 2 is 1.62 bits per heavy atom. The number of nitriles is 1. The number of aromatic nitrogens is 1. The van der Waals surface area contributed by atoms with Crippen molar-refractivity contribution in [1.82, 2.24) is 20.5 Å². The summed E-state index contributed by atoms with van der Waals surface area (Å²) >= 11 is 7.20. The van der Waals surface area contributed by atoms with Crippen LogP contribution in [-0.4, -0.2) is 93.5 Å². The van der Waals surface area contributed by atoms with Crippen molar-refractivity contribution in [2.75, 3.05) is 29.6 Å². The van der Waals surface area contributed by atoms with E-state index >= 15 is 0 Å². The van der Waals surface area contributed by atoms with Crippen molar-refractivity contribution in [3.63, 3.8) is 0 Å². The number of aryl methyl sites for hydroxylation is 1. The number of alkyl halides is 3. The molecule has 0 spiro atoms. The predicted octanol–water partition coefficient (Wildman–Crippen LogP) is 9.40. The zero-order chi connectivity index (χ0) is 53.3. The maximum atomic E-state index is 14.4. The van der Waals surface area contributed by atoms with Crippen molar-refractivity contribution in [2.24, 2.45) is 0 Å². The summed E-state index contributed by atoms with van der Waals surface area (Å²) in [6, 6.07) is 25.7. The first-order chi connectivity index (χ1) is 35.3. The Bertz CT molecular complexity index is 2840. The number of aliphatic hydroxyl groups is 1. The van der Waals surface area contributed by atoms with Gasteiger partial charge in [0.1, 0.15) is 30.0 Å². The fraction of sp³-hybridized carbons (Fsp3) is 0.389. The van der Waals surface area contributed by atoms with Crippen molar-refractivity contribution in [1.29, 1.82) is 5.26 Å². The third-order valence-electron chi connectivity index (χ3n) is 13.0. The number of unbranched alkanes of at least 4 members (excludes halogenated alkanes) is 3. The molecule has 4 amide bonds. The number of thiocarbonyl (C=S) groups is 1. The lowest BCUT2D eigenvalue weighted by atomic mass is 10.0. The summed E-state index contributed by atoms with van der Waals surface area (Å²) in [7, 11) is 0. The number of halogens is 3. The molecule has 4 aromatic carbocycles. The summed E-state index contributed by atoms with van der Waals surface area (Å²) in [6.07, 6.45) is -4.62. The van der Waals surface area contributed by atoms with Crippen LogP contribution in [-0.2, 0) is 36.6 Å². The summed E-state index contributed by atoms with van der Waals surface area (Å²) in [5.41, 5.74) is 2.80. The van der Waals surface area contributed by atoms with Gasteiger partial charge in [-0.1, -0.05) is 61.0 Å². The Balaban J connectivity index is 0.899. The van der Waals surface area contributed by atoms with Crippen molar-refractivity contribution in [3.05, 3.63) is 131 Å². The number of ether oxygens (including phenoxy) is 3. The van der Waals surface area contributed by atoms with Gasteiger partial charge in [-0.2, -0.15) is 18.4 Å². The molecule has 390 valence electrons. The number of thiazole rings is 1. The van der Waals surface area contributed by atoms with E-state index in [1.54, 1.807) is 85.0 Å². The number of carbonyl (C=O) groups excluding carboxylic acids is 4. The topological polar surface area (TPSA) is 187 Å². The first-order valence-electron chi connectivity index (χ1n) is 24.2. The minimum Gasteiger partial charge on any atom is -0.494 e. The van der Waals surface area contributed by atoms with E-state index in [0.29, 0.717) is 30.9 Å². The van der Waals surface area contributed by atoms with Crippen molar-refractivity contribution in [2.45, 2.75) is 115 Å². The second kappa shape index (κ2) is 24.0. The van der Waals surface area contributed by atoms with E-state index < -0.39 is 77.0 Å². The van der Waals surface area contributed by atoms with Crippen LogP contribution in [0.1, 0.15) is 93.8 Å². The third kappa shape index (κ3) is 12.9. The molecule has 7 rings (SSSR count). The summed E-state index contributed by atoms with van der Waals surface area (Å²) < 4.78 is 58.9. The summed E-state index contributed by atoms with van der Waals surface area (Å²) in [6.45, 7) is 9.18. The fourth-order valence-electron chi connectivity index (χ4n) is 8.92. The van der Waals surface area contributed by atoms with Crippen LogP contribution in [0.25, 0.3) is 10.4 Å². The van der Waals surface area contributed by atoms with Crippen molar-refractivity contribution >= 4 is 63.9 Å². The maximum absolute atomic E-state index is 14.4. The zero-order valence-electron chi connectivity index (χ0n) is 41.6. The predicted molar refractivity (Wildman–Crippen MR) is 277 cm³/mol. The van der Waals surface area contributed by atoms with E-state index in [2.05, 4.69) is 15.6 Å². The van der Waals surface area contributed by atoms with E-state index in [1.807, 2.05) is 56.3 Å². The SMILES string of the molecule is Cc1ncsc1-c1ccc([C@H](C)NC(=O)[C@@H]2C[C@@H](O)CN2C(=O)[C@@H](NC(=O)OCc2ccccc2)[C@@H](C)OCCCCCCOc2ccc(N3C(=S)N(c4ccc(C#N)c(C(F)(F)F)c4)C(=O)C3(C)C)cc2)cc1. The molecule has 3 heterocycles. The second-order valence-electron chi connectivity index (χ2n) is 18.7. The Morgan fingerprint density at radius 3 is 2.27 bits per heavy atom. The number of anilines is 2. The van der Waals surface area contributed by atoms with Crippen LogP contribution in [0.3, 0.4) is 0 Å². The quantitative estimate of drug-likeness (QED) is 0.0496. The monoisotopic (exact) mass is 1050 g/mol. The van der Waals surface area contributed by atoms with Crippen LogP contribution < -0.4 is 25.2 Å². The molecule has 1 aromatic heterocycles. The number of amides is 4. The van der Waals surface area contributed by atoms with E-state index in [4.69, 9.17) is 26.4 Å². The smallest absolute Gasteiger partial charge is 0.417 e. The largest absolute Gasteiger partial charge is 0.494 e. The van der Waals surface area contributed by atoms with Gasteiger partial charge in [0, 0.05) is 25.3 Å². The van der Waals surface area contributed by atoms with Gasteiger partial charge >= 0.3 is 12.3 Å². The average molecular weight is 1050 g/mol. The average Bonchev–Trinajstić information content (AvgIpc) is 4.05. The van der Waals surface area contributed by atoms with Gasteiger partial charge < -0.3 is 39.8 Å². The van der Waals surface area contributed by atoms with Gasteiger partial charge in [-0.05, 0) is 125 Å². The standard InChI is InChI=1S/C54H58F3N7O8S2/c1-33(37-15-17-38(18-16-37)47-34(2)59-32-74-47)60-48(66)45-28-42(65)30-62(45)49(67)46(61-51(69)72-31-36-13-9-8-10-14-36)35(3)70-25-11-6-7-12-26-71-43-23-21-40(22-24-43)64-52(73)63(50(68)53(64,4)5)41-20-19-39(29-58)44(27-41)54(55,56)57/h8-10,13-24,27,32-33,35,42,45-46,65H,6-7,11-12,25-26,28,30-31H2,1-5H3,(H,60,66)(H,61,69)/t33-,35+,42+,45-,46-/m0/s1. The van der Waals surface area contributed by atoms with Gasteiger partial charge in [-0.25, -0.2) is 9.78 Å². The lowest BCUT2D eigenvalue weighted by Crippen LogP contribution is -2.57. The molecular weight excluding hydrogens is 996 g/mol. The molecule has 2 aliphatic heterocycles. The lowest BCUT2D eigenvalue weighted by molar-refractivity contribution is -0.143. The molecule has 0 radical (unpaired) electrons. The number of β-amino-alcohol motifs (C(OH)–C–C–N with tert-alkyl or cyclic N) is 1. The minimum absolute atomic E-state index is 0.0117. The highest BCUT2D eigenvalue weighted by atomic mass is 32.1. The Labute approximate surface area is 437 Å². The Morgan fingerprint density at radius 1 is 0.946 bits per heavy atom. The molecule has 20 heteroatoms. The van der Waals surface area contributed by atoms with E-state index in [-0.39, 0.29) is 37.0 Å². The first kappa shape index (κ1) is 54.8. The second-order valence-corrected chi connectivity index (χ2v) is 19.9. The van der Waals surface area contributed by atoms with E-state index in [0.717, 1.165) is 57.1 Å². The molecule has 0 bridgehead atoms. The minimum atomic E-state index is -4.81. The van der Waals surface area contributed by atoms with Crippen LogP contribution in [0.5, 0.6) is 5.75 Å². The first-order valence-corrected chi connectivity index (χ1v) is 25.5. The highest BCUT2D eigenvalue weighted by Crippen LogP contribution is 2.40. The van der Waals surface area contributed by atoms with Gasteiger partial charge in [0.2, 0.25) is 11.8 Å². The number of rotatable bonds is 20. The number of hydrogen-bond acceptors (Lipinski definition) is 12. The number of likely N-dealkylation sites (tertiary alicyclic amines) is 1. The van der Waals surface area contributed by atoms with Crippen molar-refractivity contribution < 1.29 is 51.7 Å². The molecule has 0 unspecified atom stereocenters. The van der Waals surface area contributed by atoms with Crippen LogP contribution in [0, 0.1) is 18.3 Å². The maximum Gasteiger partial charge on any atom is 0.417 e. The van der Waals surface area contributed by atoms with E-state index in [9.17, 15) is 42.7 Å². The molecule has 2 saturated heterocycles. The Kier molecular flexibility index (Phi) is 17.8. The molecular formula is C54H58F3N7O8S2. The molecule has 74 heavy (non-hydrogen) atoms. The number of benzene rings is 4. The molecule has 15 nitrogen and oxygen atoms in total. The molecule has 2 aliphatic rings. The molecule has 3 N–H and O–H groups in total. The van der Waals surface area contributed by atoms with Crippen LogP contribution in [0.15, 0.2) is 103 Å². The van der Waals surface area contributed by atoms with Crippen LogP contribution in [0.4, 0.5) is 29.3 Å². The van der Waals surface area contributed by atoms with Gasteiger partial charge in [0.05, 0.1) is 63.8 Å². The number of aliphatic hydroxyl groups excluding tert-OH is 1. The number of alkyl carbamates (subject to hydrolysis) is 1. The third-order valence-corrected chi connectivity index (χ3v) is 14.3. The zero-order valence-corrected chi connectivity index (χ0v) is 43.2. The molecule has 2 fully saturated rings. The fourth-order valence-corrected chi connectivity index (χ4v) is 10.2. The highest BCUT2D eigenvalue weighted by Gasteiger charge is 2.51. The Hall–Kier alpha value is -6.92. The van der Waals surface area contributed by atoms with Gasteiger partial charge in [-0.15, -0.1) is 11.3 Å². The highest BCUT2D eigenvalue weighted by molar-refractivity contribution is 7.81. The number of nitrogens with one attached hydrogen (secondary N) is 2. The van der Waals surface area contributed by atoms with E-state index in [1.165, 1.54) is 11.0 Å². The van der Waals surface area contributed by atoms with Crippen LogP contribution in [0.2, 0.25) is 0 Å². The summed E-state index contributed by atoms with van der Waals surface area (Å²) in [5.74, 6) is -1.02. The van der Waals surface area contributed by atoms with Gasteiger partial charge in [0.15, 0.2) is 5.11 Å².